The lowest BCUT2D eigenvalue weighted by Crippen LogP contribution is -2.56. The molecule has 1 unspecified atom stereocenters. The maximum absolute atomic E-state index is 13.3. The molecule has 0 saturated heterocycles. The quantitative estimate of drug-likeness (QED) is 0.424. The molecule has 0 aromatic carbocycles. The van der Waals surface area contributed by atoms with Crippen LogP contribution in [0, 0.1) is 51.2 Å². The lowest BCUT2D eigenvalue weighted by molar-refractivity contribution is -0.158. The van der Waals surface area contributed by atoms with Crippen LogP contribution in [0.15, 0.2) is 24.3 Å². The van der Waals surface area contributed by atoms with E-state index < -0.39 is 41.2 Å². The summed E-state index contributed by atoms with van der Waals surface area (Å²) in [6, 6.07) is 0. The van der Waals surface area contributed by atoms with E-state index in [1.807, 2.05) is 6.08 Å². The molecule has 36 heavy (non-hydrogen) atoms. The fraction of sp³-hybridized carbons (Fsp3) is 0.767. The number of carbonyl (C=O) groups excluding carboxylic acids is 3. The van der Waals surface area contributed by atoms with Crippen LogP contribution in [0.4, 0.5) is 0 Å². The summed E-state index contributed by atoms with van der Waals surface area (Å²) in [5, 5.41) is 21.1. The Kier molecular flexibility index (Phi) is 5.82. The number of aliphatic hydroxyl groups is 2. The van der Waals surface area contributed by atoms with Gasteiger partial charge in [0, 0.05) is 31.3 Å². The van der Waals surface area contributed by atoms with E-state index in [0.29, 0.717) is 18.3 Å². The Morgan fingerprint density at radius 2 is 1.92 bits per heavy atom. The lowest BCUT2D eigenvalue weighted by atomic mass is 9.43. The van der Waals surface area contributed by atoms with Crippen molar-refractivity contribution in [1.82, 2.24) is 0 Å². The number of carbonyl (C=O) groups is 3. The van der Waals surface area contributed by atoms with Crippen molar-refractivity contribution in [3.05, 3.63) is 24.3 Å². The molecular formula is C30H42O6. The van der Waals surface area contributed by atoms with Crippen molar-refractivity contribution in [2.45, 2.75) is 85.4 Å². The second-order valence-electron chi connectivity index (χ2n) is 13.3. The number of Topliss-reactive ketones (excluding diaryl/α,β-unsaturated/α-hetero) is 1. The summed E-state index contributed by atoms with van der Waals surface area (Å²) >= 11 is 0. The molecule has 2 N–H and O–H groups in total. The molecule has 6 heteroatoms. The van der Waals surface area contributed by atoms with Gasteiger partial charge in [0.05, 0.1) is 0 Å². The van der Waals surface area contributed by atoms with Crippen LogP contribution in [0.3, 0.4) is 0 Å². The summed E-state index contributed by atoms with van der Waals surface area (Å²) in [5.74, 6) is -0.785. The maximum atomic E-state index is 13.3. The van der Waals surface area contributed by atoms with E-state index in [2.05, 4.69) is 33.4 Å². The van der Waals surface area contributed by atoms with Gasteiger partial charge in [-0.1, -0.05) is 40.3 Å². The van der Waals surface area contributed by atoms with Crippen LogP contribution < -0.4 is 0 Å². The van der Waals surface area contributed by atoms with Crippen LogP contribution in [-0.4, -0.2) is 46.6 Å². The first-order valence-corrected chi connectivity index (χ1v) is 13.7. The van der Waals surface area contributed by atoms with Gasteiger partial charge < -0.3 is 14.9 Å². The predicted octanol–water partition coefficient (Wildman–Crippen LogP) is 4.04. The number of allylic oxidation sites excluding steroid dienone is 2. The summed E-state index contributed by atoms with van der Waals surface area (Å²) < 4.78 is 5.86. The van der Waals surface area contributed by atoms with Gasteiger partial charge in [0.15, 0.2) is 11.6 Å². The zero-order valence-electron chi connectivity index (χ0n) is 22.4. The second kappa shape index (κ2) is 8.10. The van der Waals surface area contributed by atoms with Crippen LogP contribution in [0.1, 0.15) is 73.1 Å². The molecule has 198 valence electrons. The highest BCUT2D eigenvalue weighted by Crippen LogP contribution is 2.87. The van der Waals surface area contributed by atoms with Gasteiger partial charge in [-0.15, -0.1) is 0 Å². The first-order chi connectivity index (χ1) is 16.8. The van der Waals surface area contributed by atoms with Crippen LogP contribution >= 0.6 is 0 Å². The van der Waals surface area contributed by atoms with Gasteiger partial charge in [0.1, 0.15) is 12.2 Å². The number of hydrogen-bond donors (Lipinski definition) is 2. The van der Waals surface area contributed by atoms with Gasteiger partial charge >= 0.3 is 5.97 Å². The Labute approximate surface area is 214 Å². The molecule has 0 radical (unpaired) electrons. The molecule has 4 saturated carbocycles. The van der Waals surface area contributed by atoms with E-state index in [-0.39, 0.29) is 40.1 Å². The first kappa shape index (κ1) is 25.8. The van der Waals surface area contributed by atoms with Crippen LogP contribution in [-0.2, 0) is 19.1 Å². The number of ketones is 2. The molecule has 0 heterocycles. The monoisotopic (exact) mass is 498 g/mol. The average molecular weight is 499 g/mol. The highest BCUT2D eigenvalue weighted by Gasteiger charge is 2.82. The Morgan fingerprint density at radius 1 is 1.22 bits per heavy atom. The summed E-state index contributed by atoms with van der Waals surface area (Å²) in [6.45, 7) is 13.3. The van der Waals surface area contributed by atoms with Crippen molar-refractivity contribution in [3.8, 4) is 0 Å². The van der Waals surface area contributed by atoms with Crippen LogP contribution in [0.2, 0.25) is 0 Å². The highest BCUT2D eigenvalue weighted by molar-refractivity contribution is 5.99. The predicted molar refractivity (Wildman–Crippen MR) is 135 cm³/mol. The molecule has 2 spiro atoms. The van der Waals surface area contributed by atoms with Crippen molar-refractivity contribution in [2.75, 3.05) is 6.61 Å². The maximum Gasteiger partial charge on any atom is 0.302 e. The number of aliphatic hydroxyl groups excluding tert-OH is 2. The van der Waals surface area contributed by atoms with Crippen molar-refractivity contribution >= 4 is 17.5 Å². The van der Waals surface area contributed by atoms with E-state index in [4.69, 9.17) is 4.74 Å². The van der Waals surface area contributed by atoms with Crippen LogP contribution in [0.5, 0.6) is 0 Å². The van der Waals surface area contributed by atoms with Crippen molar-refractivity contribution < 1.29 is 29.3 Å². The van der Waals surface area contributed by atoms with Crippen LogP contribution in [0.25, 0.3) is 0 Å². The van der Waals surface area contributed by atoms with Gasteiger partial charge in [0.25, 0.3) is 0 Å². The van der Waals surface area contributed by atoms with E-state index in [9.17, 15) is 24.6 Å². The number of ether oxygens (including phenoxy) is 1. The second-order valence-corrected chi connectivity index (χ2v) is 13.3. The highest BCUT2D eigenvalue weighted by atomic mass is 16.5. The summed E-state index contributed by atoms with van der Waals surface area (Å²) in [4.78, 5) is 38.0. The van der Waals surface area contributed by atoms with Gasteiger partial charge in [-0.2, -0.15) is 0 Å². The smallest absolute Gasteiger partial charge is 0.302 e. The van der Waals surface area contributed by atoms with E-state index in [1.165, 1.54) is 6.92 Å². The lowest BCUT2D eigenvalue weighted by Gasteiger charge is -2.60. The molecule has 5 rings (SSSR count). The molecular weight excluding hydrogens is 456 g/mol. The molecule has 0 bridgehead atoms. The first-order valence-electron chi connectivity index (χ1n) is 13.7. The molecule has 0 aliphatic heterocycles. The fourth-order valence-corrected chi connectivity index (χ4v) is 9.99. The SMILES string of the molecule is C=C(C(=O)[C@H](O)C1[C@@H](OC(C)=O)C[C@@]2(C)[C@@H]3CC[C@H]4[C@H](C)C(=O)C=C[C@@]45C[C@@]35CC[C@]12C)[C@@H](C)CO. The Morgan fingerprint density at radius 3 is 2.56 bits per heavy atom. The molecule has 5 aliphatic rings. The fourth-order valence-electron chi connectivity index (χ4n) is 9.99. The number of rotatable bonds is 6. The minimum absolute atomic E-state index is 0.0560. The zero-order chi connectivity index (χ0) is 26.4. The molecule has 0 aromatic rings. The number of esters is 1. The van der Waals surface area contributed by atoms with E-state index >= 15 is 0 Å². The molecule has 6 nitrogen and oxygen atoms in total. The minimum Gasteiger partial charge on any atom is -0.462 e. The standard InChI is InChI=1S/C30H42O6/c1-16(14-31)17(2)25(34)26(35)24-22(36-19(4)32)13-28(6)23-8-7-20-18(3)21(33)9-10-29(20)15-30(23,29)12-11-27(24,28)5/h9-10,16,18,20,22-24,26,31,35H,2,7-8,11-15H2,1,3-6H3/t16-,18-,20-,22-,23-,24?,26+,27+,28-,29+,30-/m0/s1. The minimum atomic E-state index is -1.34. The Hall–Kier alpha value is -1.79. The largest absolute Gasteiger partial charge is 0.462 e. The summed E-state index contributed by atoms with van der Waals surface area (Å²) in [5.41, 5.74) is -0.216. The van der Waals surface area contributed by atoms with Crippen molar-refractivity contribution in [2.24, 2.45) is 51.2 Å². The third kappa shape index (κ3) is 3.06. The normalized spacial score (nSPS) is 48.1. The molecule has 0 aromatic heterocycles. The van der Waals surface area contributed by atoms with Gasteiger partial charge in [-0.05, 0) is 83.7 Å². The Balaban J connectivity index is 1.53. The van der Waals surface area contributed by atoms with E-state index in [0.717, 1.165) is 32.1 Å². The van der Waals surface area contributed by atoms with Gasteiger partial charge in [-0.3, -0.25) is 14.4 Å². The number of fused-ring (bicyclic) bond motifs is 2. The molecule has 0 amide bonds. The summed E-state index contributed by atoms with van der Waals surface area (Å²) in [6.07, 6.45) is 7.72. The van der Waals surface area contributed by atoms with Gasteiger partial charge in [-0.25, -0.2) is 0 Å². The average Bonchev–Trinajstić information content (AvgIpc) is 3.44. The van der Waals surface area contributed by atoms with Gasteiger partial charge in [0.2, 0.25) is 0 Å². The summed E-state index contributed by atoms with van der Waals surface area (Å²) in [7, 11) is 0. The molecule has 5 aliphatic carbocycles. The number of hydrogen-bond acceptors (Lipinski definition) is 6. The topological polar surface area (TPSA) is 101 Å². The Bertz CT molecular complexity index is 1050. The molecule has 11 atom stereocenters. The molecule has 4 fully saturated rings. The van der Waals surface area contributed by atoms with Crippen molar-refractivity contribution in [3.63, 3.8) is 0 Å². The third-order valence-corrected chi connectivity index (χ3v) is 12.1. The zero-order valence-corrected chi connectivity index (χ0v) is 22.4. The van der Waals surface area contributed by atoms with E-state index in [1.54, 1.807) is 6.92 Å². The third-order valence-electron chi connectivity index (χ3n) is 12.1. The van der Waals surface area contributed by atoms with Crippen molar-refractivity contribution in [1.29, 1.82) is 0 Å².